The van der Waals surface area contributed by atoms with Crippen LogP contribution in [0.2, 0.25) is 0 Å². The monoisotopic (exact) mass is 305 g/mol. The van der Waals surface area contributed by atoms with E-state index in [9.17, 15) is 4.79 Å². The zero-order chi connectivity index (χ0) is 15.6. The summed E-state index contributed by atoms with van der Waals surface area (Å²) in [6, 6.07) is 3.72. The number of benzene rings is 1. The highest BCUT2D eigenvalue weighted by Gasteiger charge is 2.15. The molecular weight excluding hydrogens is 286 g/mol. The molecule has 0 unspecified atom stereocenters. The van der Waals surface area contributed by atoms with Crippen LogP contribution < -0.4 is 10.6 Å². The van der Waals surface area contributed by atoms with Gasteiger partial charge in [0, 0.05) is 23.8 Å². The van der Waals surface area contributed by atoms with Gasteiger partial charge in [-0.05, 0) is 31.5 Å². The Morgan fingerprint density at radius 1 is 1.43 bits per heavy atom. The summed E-state index contributed by atoms with van der Waals surface area (Å²) < 4.78 is 4.78. The highest BCUT2D eigenvalue weighted by molar-refractivity contribution is 7.09. The maximum Gasteiger partial charge on any atom is 0.340 e. The lowest BCUT2D eigenvalue weighted by molar-refractivity contribution is 0.0602. The van der Waals surface area contributed by atoms with Crippen molar-refractivity contribution in [1.29, 1.82) is 0 Å². The molecule has 0 atom stereocenters. The lowest BCUT2D eigenvalue weighted by Gasteiger charge is -2.20. The number of hydrogen-bond acceptors (Lipinski definition) is 6. The van der Waals surface area contributed by atoms with Crippen LogP contribution in [0.5, 0.6) is 0 Å². The Bertz CT molecular complexity index is 667. The first-order valence-electron chi connectivity index (χ1n) is 6.53. The number of nitrogen functional groups attached to an aromatic ring is 1. The molecule has 0 spiro atoms. The largest absolute Gasteiger partial charge is 0.465 e. The zero-order valence-corrected chi connectivity index (χ0v) is 13.5. The second-order valence-electron chi connectivity index (χ2n) is 4.93. The Morgan fingerprint density at radius 2 is 2.14 bits per heavy atom. The smallest absolute Gasteiger partial charge is 0.340 e. The molecule has 0 aliphatic carbocycles. The minimum atomic E-state index is -0.421. The summed E-state index contributed by atoms with van der Waals surface area (Å²) in [5.41, 5.74) is 9.59. The predicted molar refractivity (Wildman–Crippen MR) is 85.9 cm³/mol. The third-order valence-electron chi connectivity index (χ3n) is 3.28. The van der Waals surface area contributed by atoms with Crippen LogP contribution in [0, 0.1) is 13.8 Å². The van der Waals surface area contributed by atoms with Crippen LogP contribution in [-0.2, 0) is 11.3 Å². The number of carbonyl (C=O) groups is 1. The van der Waals surface area contributed by atoms with Crippen LogP contribution in [-0.4, -0.2) is 25.1 Å². The molecule has 2 aromatic rings. The minimum Gasteiger partial charge on any atom is -0.465 e. The number of nitrogens with two attached hydrogens (primary N) is 1. The summed E-state index contributed by atoms with van der Waals surface area (Å²) in [5.74, 6) is -0.421. The van der Waals surface area contributed by atoms with Gasteiger partial charge >= 0.3 is 5.97 Å². The van der Waals surface area contributed by atoms with Crippen molar-refractivity contribution in [3.63, 3.8) is 0 Å². The van der Waals surface area contributed by atoms with Gasteiger partial charge in [0.1, 0.15) is 0 Å². The molecule has 0 aliphatic rings. The SMILES string of the molecule is COC(=O)c1cc(N(C)Cc2csc(C)n2)cc(C)c1N. The summed E-state index contributed by atoms with van der Waals surface area (Å²) in [6.07, 6.45) is 0. The molecule has 0 radical (unpaired) electrons. The van der Waals surface area contributed by atoms with Crippen LogP contribution in [0.1, 0.15) is 26.6 Å². The Labute approximate surface area is 128 Å². The molecule has 0 fully saturated rings. The molecule has 0 saturated carbocycles. The number of carbonyl (C=O) groups excluding carboxylic acids is 1. The lowest BCUT2D eigenvalue weighted by atomic mass is 10.1. The van der Waals surface area contributed by atoms with E-state index in [1.54, 1.807) is 17.4 Å². The number of rotatable bonds is 4. The van der Waals surface area contributed by atoms with Gasteiger partial charge in [-0.1, -0.05) is 0 Å². The fourth-order valence-corrected chi connectivity index (χ4v) is 2.70. The summed E-state index contributed by atoms with van der Waals surface area (Å²) in [6.45, 7) is 4.54. The Hall–Kier alpha value is -2.08. The third kappa shape index (κ3) is 3.33. The Kier molecular flexibility index (Phi) is 4.47. The van der Waals surface area contributed by atoms with Gasteiger partial charge in [-0.2, -0.15) is 0 Å². The van der Waals surface area contributed by atoms with E-state index >= 15 is 0 Å². The summed E-state index contributed by atoms with van der Waals surface area (Å²) in [4.78, 5) is 18.3. The van der Waals surface area contributed by atoms with E-state index in [1.165, 1.54) is 7.11 Å². The van der Waals surface area contributed by atoms with Crippen molar-refractivity contribution in [2.45, 2.75) is 20.4 Å². The number of methoxy groups -OCH3 is 1. The average Bonchev–Trinajstić information content (AvgIpc) is 2.86. The second kappa shape index (κ2) is 6.13. The molecule has 0 aliphatic heterocycles. The van der Waals surface area contributed by atoms with Crippen molar-refractivity contribution < 1.29 is 9.53 Å². The lowest BCUT2D eigenvalue weighted by Crippen LogP contribution is -2.18. The van der Waals surface area contributed by atoms with E-state index in [-0.39, 0.29) is 0 Å². The number of thiazole rings is 1. The van der Waals surface area contributed by atoms with E-state index in [4.69, 9.17) is 10.5 Å². The van der Waals surface area contributed by atoms with Gasteiger partial charge in [0.05, 0.1) is 29.9 Å². The van der Waals surface area contributed by atoms with Crippen LogP contribution in [0.4, 0.5) is 11.4 Å². The summed E-state index contributed by atoms with van der Waals surface area (Å²) >= 11 is 1.63. The maximum absolute atomic E-state index is 11.8. The van der Waals surface area contributed by atoms with Crippen molar-refractivity contribution in [3.8, 4) is 0 Å². The third-order valence-corrected chi connectivity index (χ3v) is 4.11. The first-order valence-corrected chi connectivity index (χ1v) is 7.41. The number of hydrogen-bond donors (Lipinski definition) is 1. The van der Waals surface area contributed by atoms with Crippen molar-refractivity contribution in [2.75, 3.05) is 24.8 Å². The molecule has 2 N–H and O–H groups in total. The first kappa shape index (κ1) is 15.3. The van der Waals surface area contributed by atoms with E-state index in [1.807, 2.05) is 37.2 Å². The van der Waals surface area contributed by atoms with Gasteiger partial charge in [-0.3, -0.25) is 0 Å². The average molecular weight is 305 g/mol. The van der Waals surface area contributed by atoms with Gasteiger partial charge < -0.3 is 15.4 Å². The van der Waals surface area contributed by atoms with Crippen LogP contribution in [0.15, 0.2) is 17.5 Å². The van der Waals surface area contributed by atoms with Gasteiger partial charge in [-0.15, -0.1) is 11.3 Å². The number of ether oxygens (including phenoxy) is 1. The van der Waals surface area contributed by atoms with Gasteiger partial charge in [0.2, 0.25) is 0 Å². The topological polar surface area (TPSA) is 68.5 Å². The molecule has 0 bridgehead atoms. The van der Waals surface area contributed by atoms with E-state index in [0.29, 0.717) is 17.8 Å². The molecule has 21 heavy (non-hydrogen) atoms. The van der Waals surface area contributed by atoms with Crippen molar-refractivity contribution >= 4 is 28.7 Å². The Morgan fingerprint density at radius 3 is 2.71 bits per heavy atom. The molecule has 1 aromatic heterocycles. The van der Waals surface area contributed by atoms with Crippen LogP contribution in [0.3, 0.4) is 0 Å². The van der Waals surface area contributed by atoms with Gasteiger partial charge in [0.25, 0.3) is 0 Å². The summed E-state index contributed by atoms with van der Waals surface area (Å²) in [5, 5.41) is 3.08. The molecule has 1 heterocycles. The quantitative estimate of drug-likeness (QED) is 0.695. The van der Waals surface area contributed by atoms with Crippen LogP contribution in [0.25, 0.3) is 0 Å². The number of aryl methyl sites for hydroxylation is 2. The highest BCUT2D eigenvalue weighted by atomic mass is 32.1. The van der Waals surface area contributed by atoms with Crippen molar-refractivity contribution in [3.05, 3.63) is 39.3 Å². The number of anilines is 2. The van der Waals surface area contributed by atoms with Gasteiger partial charge in [-0.25, -0.2) is 9.78 Å². The maximum atomic E-state index is 11.8. The van der Waals surface area contributed by atoms with Gasteiger partial charge in [0.15, 0.2) is 0 Å². The summed E-state index contributed by atoms with van der Waals surface area (Å²) in [7, 11) is 3.31. The minimum absolute atomic E-state index is 0.397. The molecule has 6 heteroatoms. The van der Waals surface area contributed by atoms with Crippen molar-refractivity contribution in [1.82, 2.24) is 4.98 Å². The fourth-order valence-electron chi connectivity index (χ4n) is 2.09. The van der Waals surface area contributed by atoms with E-state index in [2.05, 4.69) is 4.98 Å². The van der Waals surface area contributed by atoms with E-state index < -0.39 is 5.97 Å². The molecule has 0 amide bonds. The normalized spacial score (nSPS) is 10.5. The number of nitrogens with zero attached hydrogens (tertiary/aromatic N) is 2. The fraction of sp³-hybridized carbons (Fsp3) is 0.333. The van der Waals surface area contributed by atoms with Crippen LogP contribution >= 0.6 is 11.3 Å². The zero-order valence-electron chi connectivity index (χ0n) is 12.6. The number of aromatic nitrogens is 1. The molecule has 1 aromatic carbocycles. The highest BCUT2D eigenvalue weighted by Crippen LogP contribution is 2.26. The first-order chi connectivity index (χ1) is 9.92. The molecule has 2 rings (SSSR count). The molecule has 0 saturated heterocycles. The van der Waals surface area contributed by atoms with Crippen molar-refractivity contribution in [2.24, 2.45) is 0 Å². The molecule has 5 nitrogen and oxygen atoms in total. The van der Waals surface area contributed by atoms with E-state index in [0.717, 1.165) is 22.0 Å². The molecule has 112 valence electrons. The second-order valence-corrected chi connectivity index (χ2v) is 5.99. The molecular formula is C15H19N3O2S. The standard InChI is InChI=1S/C15H19N3O2S/c1-9-5-12(6-13(14(9)16)15(19)20-4)18(3)7-11-8-21-10(2)17-11/h5-6,8H,7,16H2,1-4H3. The number of esters is 1. The Balaban J connectivity index is 2.30. The predicted octanol–water partition coefficient (Wildman–Crippen LogP) is 2.77.